The van der Waals surface area contributed by atoms with Crippen molar-refractivity contribution in [3.63, 3.8) is 0 Å². The number of pyridine rings is 1. The predicted octanol–water partition coefficient (Wildman–Crippen LogP) is 1.55. The van der Waals surface area contributed by atoms with Gasteiger partial charge < -0.3 is 11.1 Å². The molecule has 2 aromatic heterocycles. The number of nitrogens with one attached hydrogen (secondary N) is 1. The van der Waals surface area contributed by atoms with Gasteiger partial charge in [0, 0.05) is 17.6 Å². The van der Waals surface area contributed by atoms with Crippen LogP contribution in [0.1, 0.15) is 11.4 Å². The molecule has 0 unspecified atom stereocenters. The molecule has 0 bridgehead atoms. The molecule has 0 aliphatic rings. The summed E-state index contributed by atoms with van der Waals surface area (Å²) in [5, 5.41) is 2.91. The van der Waals surface area contributed by atoms with Gasteiger partial charge in [0.15, 0.2) is 0 Å². The van der Waals surface area contributed by atoms with E-state index < -0.39 is 0 Å². The molecule has 3 N–H and O–H groups in total. The maximum absolute atomic E-state index is 5.77. The van der Waals surface area contributed by atoms with E-state index in [4.69, 9.17) is 5.73 Å². The monoisotopic (exact) mass is 242 g/mol. The third kappa shape index (κ3) is 3.24. The third-order valence-corrected chi connectivity index (χ3v) is 2.12. The second-order valence-corrected chi connectivity index (χ2v) is 3.81. The zero-order valence-corrected chi connectivity index (χ0v) is 10.3. The largest absolute Gasteiger partial charge is 0.369 e. The van der Waals surface area contributed by atoms with Crippen LogP contribution >= 0.6 is 0 Å². The van der Waals surface area contributed by atoms with Crippen LogP contribution in [0.5, 0.6) is 0 Å². The fraction of sp³-hybridized carbons (Fsp3) is 0.167. The summed E-state index contributed by atoms with van der Waals surface area (Å²) in [5.74, 6) is 0.578. The van der Waals surface area contributed by atoms with Gasteiger partial charge in [0.25, 0.3) is 5.95 Å². The van der Waals surface area contributed by atoms with Crippen LogP contribution < -0.4 is 11.1 Å². The van der Waals surface area contributed by atoms with Crippen molar-refractivity contribution in [2.75, 3.05) is 5.32 Å². The highest BCUT2D eigenvalue weighted by Crippen LogP contribution is 2.08. The van der Waals surface area contributed by atoms with Crippen molar-refractivity contribution in [1.82, 2.24) is 15.0 Å². The van der Waals surface area contributed by atoms with Crippen LogP contribution in [-0.4, -0.2) is 20.9 Å². The molecule has 0 spiro atoms. The Balaban J connectivity index is 2.17. The summed E-state index contributed by atoms with van der Waals surface area (Å²) in [6.07, 6.45) is 3.34. The van der Waals surface area contributed by atoms with Crippen molar-refractivity contribution in [3.05, 3.63) is 42.0 Å². The standard InChI is InChI=1S/C12H14N6/c1-8-6-9(2)16-12(15-8)18-11(13)17-10-4-3-5-14-7-10/h3-7H,1-2H3,(H3,13,15,16,17,18). The minimum atomic E-state index is 0.230. The van der Waals surface area contributed by atoms with Crippen LogP contribution in [0.25, 0.3) is 0 Å². The summed E-state index contributed by atoms with van der Waals surface area (Å²) < 4.78 is 0. The third-order valence-electron chi connectivity index (χ3n) is 2.12. The SMILES string of the molecule is Cc1cc(C)nc(N=C(N)Nc2cccnc2)n1. The lowest BCUT2D eigenvalue weighted by molar-refractivity contribution is 1.04. The predicted molar refractivity (Wildman–Crippen MR) is 70.6 cm³/mol. The van der Waals surface area contributed by atoms with Crippen LogP contribution in [0.4, 0.5) is 11.6 Å². The molecule has 2 rings (SSSR count). The quantitative estimate of drug-likeness (QED) is 0.616. The number of nitrogens with two attached hydrogens (primary N) is 1. The number of rotatable bonds is 2. The van der Waals surface area contributed by atoms with E-state index in [0.717, 1.165) is 17.1 Å². The molecular weight excluding hydrogens is 228 g/mol. The Bertz CT molecular complexity index is 544. The molecule has 0 saturated heterocycles. The Kier molecular flexibility index (Phi) is 3.47. The molecule has 0 atom stereocenters. The van der Waals surface area contributed by atoms with E-state index in [2.05, 4.69) is 25.3 Å². The Labute approximate surface area is 105 Å². The first kappa shape index (κ1) is 12.0. The lowest BCUT2D eigenvalue weighted by Crippen LogP contribution is -2.22. The van der Waals surface area contributed by atoms with Gasteiger partial charge in [0.05, 0.1) is 11.9 Å². The highest BCUT2D eigenvalue weighted by atomic mass is 15.2. The molecule has 18 heavy (non-hydrogen) atoms. The molecule has 0 radical (unpaired) electrons. The average molecular weight is 242 g/mol. The van der Waals surface area contributed by atoms with Crippen molar-refractivity contribution in [2.45, 2.75) is 13.8 Å². The van der Waals surface area contributed by atoms with Gasteiger partial charge in [-0.1, -0.05) is 0 Å². The number of aryl methyl sites for hydroxylation is 2. The van der Waals surface area contributed by atoms with Crippen LogP contribution in [0.3, 0.4) is 0 Å². The second kappa shape index (κ2) is 5.22. The van der Waals surface area contributed by atoms with Crippen LogP contribution in [-0.2, 0) is 0 Å². The molecule has 2 aromatic rings. The van der Waals surface area contributed by atoms with Gasteiger partial charge in [-0.3, -0.25) is 4.98 Å². The molecule has 0 fully saturated rings. The van der Waals surface area contributed by atoms with Gasteiger partial charge in [-0.15, -0.1) is 0 Å². The number of guanidine groups is 1. The summed E-state index contributed by atoms with van der Waals surface area (Å²) in [4.78, 5) is 16.4. The van der Waals surface area contributed by atoms with Gasteiger partial charge in [0.1, 0.15) is 0 Å². The minimum Gasteiger partial charge on any atom is -0.369 e. The fourth-order valence-corrected chi connectivity index (χ4v) is 1.48. The average Bonchev–Trinajstić information content (AvgIpc) is 2.28. The van der Waals surface area contributed by atoms with Crippen molar-refractivity contribution in [2.24, 2.45) is 10.7 Å². The number of anilines is 1. The minimum absolute atomic E-state index is 0.230. The summed E-state index contributed by atoms with van der Waals surface area (Å²) in [5.41, 5.74) is 8.25. The van der Waals surface area contributed by atoms with E-state index in [-0.39, 0.29) is 5.96 Å². The highest BCUT2D eigenvalue weighted by Gasteiger charge is 2.00. The molecule has 0 amide bonds. The number of aliphatic imine (C=N–C) groups is 1. The van der Waals surface area contributed by atoms with Gasteiger partial charge in [-0.05, 0) is 32.0 Å². The van der Waals surface area contributed by atoms with Crippen molar-refractivity contribution in [1.29, 1.82) is 0 Å². The molecule has 2 heterocycles. The summed E-state index contributed by atoms with van der Waals surface area (Å²) in [7, 11) is 0. The maximum atomic E-state index is 5.77. The zero-order valence-electron chi connectivity index (χ0n) is 10.3. The zero-order chi connectivity index (χ0) is 13.0. The Morgan fingerprint density at radius 1 is 1.28 bits per heavy atom. The van der Waals surface area contributed by atoms with Crippen molar-refractivity contribution >= 4 is 17.6 Å². The Morgan fingerprint density at radius 2 is 2.00 bits per heavy atom. The van der Waals surface area contributed by atoms with E-state index in [1.54, 1.807) is 12.4 Å². The van der Waals surface area contributed by atoms with E-state index in [9.17, 15) is 0 Å². The maximum Gasteiger partial charge on any atom is 0.253 e. The molecule has 0 aliphatic heterocycles. The lowest BCUT2D eigenvalue weighted by atomic mass is 10.4. The molecule has 0 aromatic carbocycles. The summed E-state index contributed by atoms with van der Waals surface area (Å²) in [6, 6.07) is 5.53. The Morgan fingerprint density at radius 3 is 2.61 bits per heavy atom. The number of aromatic nitrogens is 3. The first-order valence-corrected chi connectivity index (χ1v) is 5.47. The number of hydrogen-bond acceptors (Lipinski definition) is 4. The van der Waals surface area contributed by atoms with Gasteiger partial charge in [-0.2, -0.15) is 4.99 Å². The summed E-state index contributed by atoms with van der Waals surface area (Å²) >= 11 is 0. The number of hydrogen-bond donors (Lipinski definition) is 2. The normalized spacial score (nSPS) is 11.3. The van der Waals surface area contributed by atoms with E-state index in [1.165, 1.54) is 0 Å². The topological polar surface area (TPSA) is 89.1 Å². The first-order chi connectivity index (χ1) is 8.63. The van der Waals surface area contributed by atoms with Gasteiger partial charge >= 0.3 is 0 Å². The first-order valence-electron chi connectivity index (χ1n) is 5.47. The highest BCUT2D eigenvalue weighted by molar-refractivity contribution is 5.93. The van der Waals surface area contributed by atoms with Crippen LogP contribution in [0.15, 0.2) is 35.6 Å². The van der Waals surface area contributed by atoms with Gasteiger partial charge in [0.2, 0.25) is 5.96 Å². The molecule has 6 heteroatoms. The van der Waals surface area contributed by atoms with E-state index >= 15 is 0 Å². The smallest absolute Gasteiger partial charge is 0.253 e. The van der Waals surface area contributed by atoms with Crippen molar-refractivity contribution < 1.29 is 0 Å². The number of nitrogens with zero attached hydrogens (tertiary/aromatic N) is 4. The molecule has 92 valence electrons. The Hall–Kier alpha value is -2.50. The fourth-order valence-electron chi connectivity index (χ4n) is 1.48. The summed E-state index contributed by atoms with van der Waals surface area (Å²) in [6.45, 7) is 3.77. The van der Waals surface area contributed by atoms with Crippen molar-refractivity contribution in [3.8, 4) is 0 Å². The van der Waals surface area contributed by atoms with Crippen LogP contribution in [0, 0.1) is 13.8 Å². The van der Waals surface area contributed by atoms with E-state index in [1.807, 2.05) is 32.0 Å². The van der Waals surface area contributed by atoms with Gasteiger partial charge in [-0.25, -0.2) is 9.97 Å². The van der Waals surface area contributed by atoms with E-state index in [0.29, 0.717) is 5.95 Å². The van der Waals surface area contributed by atoms with Crippen LogP contribution in [0.2, 0.25) is 0 Å². The second-order valence-electron chi connectivity index (χ2n) is 3.81. The molecule has 6 nitrogen and oxygen atoms in total. The lowest BCUT2D eigenvalue weighted by Gasteiger charge is -2.04. The molecule has 0 saturated carbocycles. The molecule has 0 aliphatic carbocycles. The molecular formula is C12H14N6.